The first kappa shape index (κ1) is 34.2. The largest absolute Gasteiger partial charge is 0.543 e. The Kier molecular flexibility index (Phi) is 9.31. The van der Waals surface area contributed by atoms with Crippen LogP contribution >= 0.6 is 0 Å². The molecule has 1 atom stereocenters. The van der Waals surface area contributed by atoms with Crippen molar-refractivity contribution in [1.29, 1.82) is 0 Å². The number of fused-ring (bicyclic) bond motifs is 2. The molecule has 3 aromatic rings. The van der Waals surface area contributed by atoms with E-state index in [-0.39, 0.29) is 28.2 Å². The number of amides is 2. The third kappa shape index (κ3) is 8.05. The number of halogens is 1. The van der Waals surface area contributed by atoms with Gasteiger partial charge >= 0.3 is 6.09 Å². The number of pyridine rings is 1. The van der Waals surface area contributed by atoms with Crippen molar-refractivity contribution in [3.8, 4) is 5.75 Å². The average Bonchev–Trinajstić information content (AvgIpc) is 3.30. The molecule has 3 heterocycles. The van der Waals surface area contributed by atoms with Gasteiger partial charge in [-0.1, -0.05) is 26.8 Å². The molecule has 0 unspecified atom stereocenters. The van der Waals surface area contributed by atoms with Crippen LogP contribution < -0.4 is 25.7 Å². The van der Waals surface area contributed by atoms with Gasteiger partial charge in [-0.25, -0.2) is 14.2 Å². The maximum absolute atomic E-state index is 15.3. The van der Waals surface area contributed by atoms with Crippen LogP contribution in [0.5, 0.6) is 5.75 Å². The zero-order valence-electron chi connectivity index (χ0n) is 28.9. The molecule has 4 N–H and O–H groups in total. The fraction of sp³-hybridized carbons (Fsp3) is 0.457. The number of benzene rings is 2. The van der Waals surface area contributed by atoms with Gasteiger partial charge in [0.05, 0.1) is 22.7 Å². The van der Waals surface area contributed by atoms with E-state index in [1.165, 1.54) is 6.07 Å². The van der Waals surface area contributed by atoms with Crippen LogP contribution in [0.3, 0.4) is 0 Å². The highest BCUT2D eigenvalue weighted by molar-refractivity contribution is 6.74. The quantitative estimate of drug-likeness (QED) is 0.188. The second kappa shape index (κ2) is 12.8. The molecule has 0 radical (unpaired) electrons. The molecule has 0 spiro atoms. The van der Waals surface area contributed by atoms with Crippen LogP contribution in [0.4, 0.5) is 37.8 Å². The number of ether oxygens (including phenoxy) is 1. The van der Waals surface area contributed by atoms with Gasteiger partial charge in [-0.3, -0.25) is 9.69 Å². The number of alkyl carbamates (subject to hydrolysis) is 1. The summed E-state index contributed by atoms with van der Waals surface area (Å²) in [5, 5.41) is 12.4. The van der Waals surface area contributed by atoms with E-state index in [1.807, 2.05) is 45.9 Å². The topological polar surface area (TPSA) is 117 Å². The molecule has 1 aromatic heterocycles. The lowest BCUT2D eigenvalue weighted by atomic mass is 10.1. The van der Waals surface area contributed by atoms with Gasteiger partial charge < -0.3 is 30.4 Å². The number of carbonyl (C=O) groups excluding carboxylic acids is 2. The Balaban J connectivity index is 1.31. The van der Waals surface area contributed by atoms with Crippen LogP contribution in [0.25, 0.3) is 0 Å². The third-order valence-electron chi connectivity index (χ3n) is 8.87. The van der Waals surface area contributed by atoms with E-state index in [0.29, 0.717) is 47.3 Å². The minimum Gasteiger partial charge on any atom is -0.543 e. The SMILES string of the molecule is Cc1cc(F)c(Nc2ccnc3c2C(=O)Nc2cc(CN4CC[C@@H](NC(=O)OC(C)(C)C)C4)ccc2N3)cc1O[Si](C)(C)C(C)(C)C. The maximum atomic E-state index is 15.3. The number of aryl methyl sites for hydroxylation is 1. The predicted molar refractivity (Wildman–Crippen MR) is 187 cm³/mol. The summed E-state index contributed by atoms with van der Waals surface area (Å²) in [7, 11) is -2.18. The second-order valence-electron chi connectivity index (χ2n) is 15.0. The lowest BCUT2D eigenvalue weighted by molar-refractivity contribution is 0.0505. The highest BCUT2D eigenvalue weighted by Gasteiger charge is 2.39. The fourth-order valence-corrected chi connectivity index (χ4v) is 6.44. The van der Waals surface area contributed by atoms with Gasteiger partial charge in [0.1, 0.15) is 28.5 Å². The number of aromatic nitrogens is 1. The van der Waals surface area contributed by atoms with Gasteiger partial charge in [0.15, 0.2) is 0 Å². The normalized spacial score (nSPS) is 16.7. The minimum absolute atomic E-state index is 0.00612. The van der Waals surface area contributed by atoms with Gasteiger partial charge in [0.2, 0.25) is 8.32 Å². The van der Waals surface area contributed by atoms with Crippen molar-refractivity contribution in [2.24, 2.45) is 0 Å². The summed E-state index contributed by atoms with van der Waals surface area (Å²) < 4.78 is 27.2. The predicted octanol–water partition coefficient (Wildman–Crippen LogP) is 8.07. The summed E-state index contributed by atoms with van der Waals surface area (Å²) in [6.45, 7) is 20.3. The van der Waals surface area contributed by atoms with Gasteiger partial charge in [-0.05, 0) is 87.6 Å². The lowest BCUT2D eigenvalue weighted by Gasteiger charge is -2.37. The number of hydrogen-bond donors (Lipinski definition) is 4. The zero-order chi connectivity index (χ0) is 34.3. The van der Waals surface area contributed by atoms with Crippen molar-refractivity contribution >= 4 is 48.9 Å². The van der Waals surface area contributed by atoms with Gasteiger partial charge in [0.25, 0.3) is 5.91 Å². The van der Waals surface area contributed by atoms with E-state index in [0.717, 1.165) is 18.5 Å². The Morgan fingerprint density at radius 2 is 1.81 bits per heavy atom. The van der Waals surface area contributed by atoms with E-state index in [1.54, 1.807) is 18.3 Å². The molecule has 0 aliphatic carbocycles. The molecule has 1 saturated heterocycles. The summed E-state index contributed by atoms with van der Waals surface area (Å²) >= 11 is 0. The van der Waals surface area contributed by atoms with Crippen molar-refractivity contribution < 1.29 is 23.1 Å². The minimum atomic E-state index is -2.18. The van der Waals surface area contributed by atoms with Crippen LogP contribution in [0.2, 0.25) is 18.1 Å². The monoisotopic (exact) mass is 662 g/mol. The van der Waals surface area contributed by atoms with Crippen molar-refractivity contribution in [2.75, 3.05) is 29.0 Å². The van der Waals surface area contributed by atoms with Gasteiger partial charge in [0, 0.05) is 37.9 Å². The number of nitrogens with one attached hydrogen (secondary N) is 4. The molecular weight excluding hydrogens is 616 g/mol. The maximum Gasteiger partial charge on any atom is 0.407 e. The Labute approximate surface area is 278 Å². The number of nitrogens with zero attached hydrogens (tertiary/aromatic N) is 2. The molecule has 2 aliphatic heterocycles. The van der Waals surface area contributed by atoms with Crippen molar-refractivity contribution in [1.82, 2.24) is 15.2 Å². The first-order chi connectivity index (χ1) is 21.9. The zero-order valence-corrected chi connectivity index (χ0v) is 29.9. The Bertz CT molecular complexity index is 1680. The molecule has 1 fully saturated rings. The molecule has 12 heteroatoms. The molecule has 10 nitrogen and oxygen atoms in total. The Morgan fingerprint density at radius 1 is 1.06 bits per heavy atom. The molecule has 252 valence electrons. The summed E-state index contributed by atoms with van der Waals surface area (Å²) in [6.07, 6.45) is 2.00. The molecule has 2 aromatic carbocycles. The number of carbonyl (C=O) groups is 2. The summed E-state index contributed by atoms with van der Waals surface area (Å²) in [4.78, 5) is 32.6. The van der Waals surface area contributed by atoms with Crippen LogP contribution in [-0.4, -0.2) is 54.9 Å². The molecule has 47 heavy (non-hydrogen) atoms. The summed E-state index contributed by atoms with van der Waals surface area (Å²) in [6, 6.07) is 10.7. The van der Waals surface area contributed by atoms with Crippen LogP contribution in [-0.2, 0) is 11.3 Å². The molecule has 2 aliphatic rings. The van der Waals surface area contributed by atoms with Crippen LogP contribution in [0.15, 0.2) is 42.6 Å². The summed E-state index contributed by atoms with van der Waals surface area (Å²) in [5.41, 5.74) is 3.38. The van der Waals surface area contributed by atoms with Crippen LogP contribution in [0.1, 0.15) is 69.4 Å². The molecular formula is C35H47FN6O4Si. The van der Waals surface area contributed by atoms with E-state index < -0.39 is 25.8 Å². The highest BCUT2D eigenvalue weighted by Crippen LogP contribution is 2.40. The summed E-state index contributed by atoms with van der Waals surface area (Å²) in [5.74, 6) is 0.163. The second-order valence-corrected chi connectivity index (χ2v) is 19.7. The fourth-order valence-electron chi connectivity index (χ4n) is 5.36. The first-order valence-corrected chi connectivity index (χ1v) is 19.0. The number of rotatable bonds is 7. The van der Waals surface area contributed by atoms with E-state index in [4.69, 9.17) is 9.16 Å². The Morgan fingerprint density at radius 3 is 2.51 bits per heavy atom. The number of likely N-dealkylation sites (tertiary alicyclic amines) is 1. The molecule has 0 bridgehead atoms. The Hall–Kier alpha value is -4.16. The lowest BCUT2D eigenvalue weighted by Crippen LogP contribution is -2.44. The van der Waals surface area contributed by atoms with Crippen molar-refractivity contribution in [3.63, 3.8) is 0 Å². The molecule has 0 saturated carbocycles. The van der Waals surface area contributed by atoms with Crippen molar-refractivity contribution in [2.45, 2.75) is 91.2 Å². The van der Waals surface area contributed by atoms with E-state index in [9.17, 15) is 9.59 Å². The molecule has 5 rings (SSSR count). The third-order valence-corrected chi connectivity index (χ3v) is 13.2. The first-order valence-electron chi connectivity index (χ1n) is 16.1. The van der Waals surface area contributed by atoms with Crippen molar-refractivity contribution in [3.05, 3.63) is 65.1 Å². The number of anilines is 5. The molecule has 2 amide bonds. The highest BCUT2D eigenvalue weighted by atomic mass is 28.4. The average molecular weight is 663 g/mol. The number of hydrogen-bond acceptors (Lipinski definition) is 8. The smallest absolute Gasteiger partial charge is 0.407 e. The van der Waals surface area contributed by atoms with E-state index >= 15 is 4.39 Å². The van der Waals surface area contributed by atoms with E-state index in [2.05, 4.69) is 65.0 Å². The van der Waals surface area contributed by atoms with Gasteiger partial charge in [-0.2, -0.15) is 0 Å². The van der Waals surface area contributed by atoms with Gasteiger partial charge in [-0.15, -0.1) is 0 Å². The standard InChI is InChI=1S/C35H47FN6O4Si/c1-21-16-24(36)27(18-29(21)46-47(8,9)35(5,6)7)39-26-12-14-37-31-30(26)32(43)41-28-17-22(10-11-25(28)40-31)19-42-15-13-23(20-42)38-33(44)45-34(2,3)4/h10-12,14,16-18,23H,13,15,19-20H2,1-9H3,(H,38,44)(H,41,43)(H2,37,39,40)/t23-/m1/s1. The van der Waals surface area contributed by atoms with Crippen LogP contribution in [0, 0.1) is 12.7 Å².